The largest absolute Gasteiger partial charge is 0.361 e. The van der Waals surface area contributed by atoms with Crippen LogP contribution in [0.5, 0.6) is 0 Å². The molecule has 0 aliphatic rings. The third-order valence-electron chi connectivity index (χ3n) is 3.50. The highest BCUT2D eigenvalue weighted by Crippen LogP contribution is 2.24. The first-order valence-corrected chi connectivity index (χ1v) is 6.38. The molecule has 5 heteroatoms. The number of hydrogen-bond acceptors (Lipinski definition) is 3. The molecule has 0 saturated carbocycles. The summed E-state index contributed by atoms with van der Waals surface area (Å²) >= 11 is 0. The predicted molar refractivity (Wildman–Crippen MR) is 72.9 cm³/mol. The summed E-state index contributed by atoms with van der Waals surface area (Å²) in [5, 5.41) is 3.77. The Labute approximate surface area is 117 Å². The minimum Gasteiger partial charge on any atom is -0.361 e. The fourth-order valence-corrected chi connectivity index (χ4v) is 2.16. The van der Waals surface area contributed by atoms with Crippen LogP contribution in [-0.4, -0.2) is 23.0 Å². The molecule has 1 amide bonds. The number of aromatic nitrogens is 1. The third kappa shape index (κ3) is 2.43. The van der Waals surface area contributed by atoms with E-state index in [0.717, 1.165) is 0 Å². The van der Waals surface area contributed by atoms with E-state index < -0.39 is 0 Å². The van der Waals surface area contributed by atoms with Crippen LogP contribution in [-0.2, 0) is 0 Å². The Morgan fingerprint density at radius 3 is 2.55 bits per heavy atom. The maximum Gasteiger partial charge on any atom is 0.259 e. The number of amides is 1. The van der Waals surface area contributed by atoms with E-state index in [9.17, 15) is 9.18 Å². The van der Waals surface area contributed by atoms with E-state index >= 15 is 0 Å². The van der Waals surface area contributed by atoms with E-state index in [-0.39, 0.29) is 17.8 Å². The van der Waals surface area contributed by atoms with Crippen LogP contribution in [0.25, 0.3) is 0 Å². The number of rotatable bonds is 3. The number of hydrogen-bond donors (Lipinski definition) is 0. The quantitative estimate of drug-likeness (QED) is 0.864. The van der Waals surface area contributed by atoms with Gasteiger partial charge in [0.05, 0.1) is 11.7 Å². The molecule has 0 aliphatic heterocycles. The lowest BCUT2D eigenvalue weighted by Gasteiger charge is -2.25. The van der Waals surface area contributed by atoms with E-state index in [1.807, 2.05) is 0 Å². The van der Waals surface area contributed by atoms with Crippen molar-refractivity contribution < 1.29 is 13.7 Å². The summed E-state index contributed by atoms with van der Waals surface area (Å²) in [5.41, 5.74) is 1.46. The highest BCUT2D eigenvalue weighted by molar-refractivity contribution is 5.96. The highest BCUT2D eigenvalue weighted by Gasteiger charge is 2.25. The van der Waals surface area contributed by atoms with Gasteiger partial charge in [-0.3, -0.25) is 4.79 Å². The van der Waals surface area contributed by atoms with Crippen molar-refractivity contribution in [2.24, 2.45) is 0 Å². The smallest absolute Gasteiger partial charge is 0.259 e. The summed E-state index contributed by atoms with van der Waals surface area (Å²) in [6.07, 6.45) is 0. The number of halogens is 1. The maximum absolute atomic E-state index is 13.8. The molecule has 4 nitrogen and oxygen atoms in total. The van der Waals surface area contributed by atoms with Gasteiger partial charge in [0.1, 0.15) is 17.1 Å². The molecule has 106 valence electrons. The van der Waals surface area contributed by atoms with Crippen molar-refractivity contribution in [2.45, 2.75) is 26.8 Å². The topological polar surface area (TPSA) is 46.3 Å². The van der Waals surface area contributed by atoms with E-state index in [1.54, 1.807) is 46.0 Å². The van der Waals surface area contributed by atoms with Gasteiger partial charge in [0.25, 0.3) is 5.91 Å². The first-order chi connectivity index (χ1) is 9.43. The SMILES string of the molecule is Cc1noc(C)c1C(=O)N(C)C(C)c1ccccc1F. The molecule has 1 atom stereocenters. The molecule has 0 radical (unpaired) electrons. The number of aryl methyl sites for hydroxylation is 2. The Hall–Kier alpha value is -2.17. The van der Waals surface area contributed by atoms with Gasteiger partial charge in [-0.25, -0.2) is 4.39 Å². The maximum atomic E-state index is 13.8. The van der Waals surface area contributed by atoms with Crippen LogP contribution in [0, 0.1) is 19.7 Å². The molecule has 0 saturated heterocycles. The van der Waals surface area contributed by atoms with Gasteiger partial charge in [0.15, 0.2) is 0 Å². The van der Waals surface area contributed by atoms with Crippen LogP contribution >= 0.6 is 0 Å². The molecule has 0 bridgehead atoms. The second kappa shape index (κ2) is 5.45. The van der Waals surface area contributed by atoms with Crippen LogP contribution in [0.3, 0.4) is 0 Å². The summed E-state index contributed by atoms with van der Waals surface area (Å²) < 4.78 is 18.8. The third-order valence-corrected chi connectivity index (χ3v) is 3.50. The van der Waals surface area contributed by atoms with E-state index in [2.05, 4.69) is 5.16 Å². The van der Waals surface area contributed by atoms with Gasteiger partial charge in [-0.1, -0.05) is 23.4 Å². The monoisotopic (exact) mass is 276 g/mol. The first-order valence-electron chi connectivity index (χ1n) is 6.38. The number of nitrogens with zero attached hydrogens (tertiary/aromatic N) is 2. The van der Waals surface area contributed by atoms with Gasteiger partial charge in [-0.15, -0.1) is 0 Å². The van der Waals surface area contributed by atoms with E-state index in [4.69, 9.17) is 4.52 Å². The highest BCUT2D eigenvalue weighted by atomic mass is 19.1. The average molecular weight is 276 g/mol. The Morgan fingerprint density at radius 1 is 1.35 bits per heavy atom. The molecule has 0 fully saturated rings. The molecular formula is C15H17FN2O2. The minimum absolute atomic E-state index is 0.225. The van der Waals surface area contributed by atoms with Crippen molar-refractivity contribution in [3.8, 4) is 0 Å². The van der Waals surface area contributed by atoms with E-state index in [1.165, 1.54) is 11.0 Å². The van der Waals surface area contributed by atoms with Gasteiger partial charge in [0.2, 0.25) is 0 Å². The lowest BCUT2D eigenvalue weighted by Crippen LogP contribution is -2.30. The Balaban J connectivity index is 2.30. The van der Waals surface area contributed by atoms with Crippen molar-refractivity contribution in [3.05, 3.63) is 52.7 Å². The molecule has 1 aromatic heterocycles. The fourth-order valence-electron chi connectivity index (χ4n) is 2.16. The van der Waals surface area contributed by atoms with Gasteiger partial charge < -0.3 is 9.42 Å². The second-order valence-corrected chi connectivity index (χ2v) is 4.81. The molecule has 0 aliphatic carbocycles. The standard InChI is InChI=1S/C15H17FN2O2/c1-9-14(11(3)20-17-9)15(19)18(4)10(2)12-7-5-6-8-13(12)16/h5-8,10H,1-4H3. The van der Waals surface area contributed by atoms with E-state index in [0.29, 0.717) is 22.6 Å². The summed E-state index contributed by atoms with van der Waals surface area (Å²) in [7, 11) is 1.64. The molecule has 1 aromatic carbocycles. The zero-order chi connectivity index (χ0) is 14.9. The van der Waals surface area contributed by atoms with Crippen molar-refractivity contribution in [2.75, 3.05) is 7.05 Å². The van der Waals surface area contributed by atoms with Gasteiger partial charge in [-0.05, 0) is 26.8 Å². The molecule has 20 heavy (non-hydrogen) atoms. The lowest BCUT2D eigenvalue weighted by molar-refractivity contribution is 0.0738. The van der Waals surface area contributed by atoms with Crippen LogP contribution in [0.15, 0.2) is 28.8 Å². The Bertz CT molecular complexity index is 617. The lowest BCUT2D eigenvalue weighted by atomic mass is 10.1. The van der Waals surface area contributed by atoms with Gasteiger partial charge >= 0.3 is 0 Å². The van der Waals surface area contributed by atoms with Gasteiger partial charge in [0, 0.05) is 12.6 Å². The van der Waals surface area contributed by atoms with Crippen molar-refractivity contribution >= 4 is 5.91 Å². The van der Waals surface area contributed by atoms with Crippen LogP contribution in [0.1, 0.15) is 40.3 Å². The van der Waals surface area contributed by atoms with Crippen molar-refractivity contribution in [1.29, 1.82) is 0 Å². The fraction of sp³-hybridized carbons (Fsp3) is 0.333. The molecule has 1 unspecified atom stereocenters. The molecule has 2 rings (SSSR count). The average Bonchev–Trinajstić information content (AvgIpc) is 2.76. The van der Waals surface area contributed by atoms with Crippen molar-refractivity contribution in [3.63, 3.8) is 0 Å². The van der Waals surface area contributed by atoms with Crippen LogP contribution in [0.2, 0.25) is 0 Å². The summed E-state index contributed by atoms with van der Waals surface area (Å²) in [4.78, 5) is 14.0. The zero-order valence-corrected chi connectivity index (χ0v) is 12.0. The predicted octanol–water partition coefficient (Wildman–Crippen LogP) is 3.26. The Morgan fingerprint density at radius 2 is 2.00 bits per heavy atom. The molecule has 1 heterocycles. The minimum atomic E-state index is -0.377. The molecular weight excluding hydrogens is 259 g/mol. The summed E-state index contributed by atoms with van der Waals surface area (Å²) in [6.45, 7) is 5.19. The number of carbonyl (C=O) groups is 1. The van der Waals surface area contributed by atoms with Gasteiger partial charge in [-0.2, -0.15) is 0 Å². The summed E-state index contributed by atoms with van der Waals surface area (Å²) in [6, 6.07) is 6.07. The van der Waals surface area contributed by atoms with Crippen LogP contribution in [0.4, 0.5) is 4.39 Å². The normalized spacial score (nSPS) is 12.2. The molecule has 0 N–H and O–H groups in total. The Kier molecular flexibility index (Phi) is 3.88. The van der Waals surface area contributed by atoms with Crippen molar-refractivity contribution in [1.82, 2.24) is 10.1 Å². The zero-order valence-electron chi connectivity index (χ0n) is 12.0. The summed E-state index contributed by atoms with van der Waals surface area (Å²) in [5.74, 6) is -0.0736. The number of carbonyl (C=O) groups excluding carboxylic acids is 1. The van der Waals surface area contributed by atoms with Crippen LogP contribution < -0.4 is 0 Å². The molecule has 2 aromatic rings. The first kappa shape index (κ1) is 14.2. The second-order valence-electron chi connectivity index (χ2n) is 4.81. The molecule has 0 spiro atoms. The number of benzene rings is 1.